The van der Waals surface area contributed by atoms with Crippen molar-refractivity contribution in [2.24, 2.45) is 0 Å². The molecule has 2 unspecified atom stereocenters. The van der Waals surface area contributed by atoms with Crippen LogP contribution in [0.3, 0.4) is 0 Å². The molecule has 0 aromatic carbocycles. The molecule has 0 spiro atoms. The van der Waals surface area contributed by atoms with Crippen molar-refractivity contribution in [2.45, 2.75) is 12.5 Å². The van der Waals surface area contributed by atoms with Crippen molar-refractivity contribution in [1.82, 2.24) is 9.80 Å². The largest absolute Gasteiger partial charge is 0.503 e. The van der Waals surface area contributed by atoms with E-state index in [1.165, 1.54) is 12.2 Å². The highest BCUT2D eigenvalue weighted by molar-refractivity contribution is 5.53. The standard InChI is InChI=1S/2C6H11NO2.CH2O3/c2*1-2-6(8)7-3-4-9-5-7;2-1(3)4/h2*2,6,8H,1,3-5H2;(H2,2,3,4). The molecule has 0 bridgehead atoms. The molecule has 4 N–H and O–H groups in total. The number of hydrogen-bond acceptors (Lipinski definition) is 7. The molecule has 2 saturated heterocycles. The molecule has 22 heavy (non-hydrogen) atoms. The van der Waals surface area contributed by atoms with Gasteiger partial charge in [-0.05, 0) is 12.2 Å². The molecule has 2 heterocycles. The van der Waals surface area contributed by atoms with Gasteiger partial charge in [0.1, 0.15) is 25.9 Å². The molecule has 0 aromatic rings. The third kappa shape index (κ3) is 9.45. The molecule has 0 aliphatic carbocycles. The lowest BCUT2D eigenvalue weighted by atomic mass is 10.5. The Bertz CT molecular complexity index is 298. The average molecular weight is 320 g/mol. The first kappa shape index (κ1) is 20.5. The van der Waals surface area contributed by atoms with Gasteiger partial charge in [-0.1, -0.05) is 13.2 Å². The zero-order valence-electron chi connectivity index (χ0n) is 12.4. The van der Waals surface area contributed by atoms with Crippen molar-refractivity contribution in [3.8, 4) is 0 Å². The summed E-state index contributed by atoms with van der Waals surface area (Å²) in [6.07, 6.45) is 0.0867. The number of aliphatic hydroxyl groups excluding tert-OH is 2. The van der Waals surface area contributed by atoms with Gasteiger partial charge in [0.2, 0.25) is 0 Å². The van der Waals surface area contributed by atoms with Gasteiger partial charge < -0.3 is 29.9 Å². The van der Waals surface area contributed by atoms with Crippen molar-refractivity contribution < 1.29 is 34.7 Å². The maximum absolute atomic E-state index is 9.09. The van der Waals surface area contributed by atoms with E-state index in [9.17, 15) is 0 Å². The SMILES string of the molecule is C=CC(O)N1CCOC1.C=CC(O)N1CCOC1.O=C(O)O. The van der Waals surface area contributed by atoms with Crippen molar-refractivity contribution in [3.63, 3.8) is 0 Å². The van der Waals surface area contributed by atoms with Crippen LogP contribution in [0.2, 0.25) is 0 Å². The Hall–Kier alpha value is -1.49. The predicted molar refractivity (Wildman–Crippen MR) is 78.1 cm³/mol. The summed E-state index contributed by atoms with van der Waals surface area (Å²) >= 11 is 0. The fourth-order valence-corrected chi connectivity index (χ4v) is 1.57. The van der Waals surface area contributed by atoms with E-state index in [0.29, 0.717) is 26.7 Å². The Morgan fingerprint density at radius 3 is 1.45 bits per heavy atom. The predicted octanol–water partition coefficient (Wildman–Crippen LogP) is -0.217. The van der Waals surface area contributed by atoms with Crippen LogP contribution in [0.25, 0.3) is 0 Å². The first-order valence-corrected chi connectivity index (χ1v) is 6.59. The topological polar surface area (TPSA) is 123 Å². The molecule has 9 nitrogen and oxygen atoms in total. The molecule has 0 radical (unpaired) electrons. The fraction of sp³-hybridized carbons (Fsp3) is 0.615. The molecular formula is C13H24N2O7. The molecule has 0 amide bonds. The Morgan fingerprint density at radius 1 is 0.955 bits per heavy atom. The minimum absolute atomic E-state index is 0.521. The zero-order chi connectivity index (χ0) is 17.0. The summed E-state index contributed by atoms with van der Waals surface area (Å²) in [6, 6.07) is 0. The van der Waals surface area contributed by atoms with E-state index >= 15 is 0 Å². The maximum Gasteiger partial charge on any atom is 0.503 e. The smallest absolute Gasteiger partial charge is 0.450 e. The Morgan fingerprint density at radius 2 is 1.27 bits per heavy atom. The zero-order valence-corrected chi connectivity index (χ0v) is 12.4. The lowest BCUT2D eigenvalue weighted by Crippen LogP contribution is -2.30. The van der Waals surface area contributed by atoms with Crippen LogP contribution in [-0.2, 0) is 9.47 Å². The van der Waals surface area contributed by atoms with Gasteiger partial charge in [0.25, 0.3) is 0 Å². The quantitative estimate of drug-likeness (QED) is 0.521. The summed E-state index contributed by atoms with van der Waals surface area (Å²) in [5, 5.41) is 32.1. The third-order valence-corrected chi connectivity index (χ3v) is 2.73. The van der Waals surface area contributed by atoms with Gasteiger partial charge in [-0.15, -0.1) is 0 Å². The number of carboxylic acid groups (broad SMARTS) is 2. The average Bonchev–Trinajstić information content (AvgIpc) is 3.18. The van der Waals surface area contributed by atoms with Gasteiger partial charge in [-0.25, -0.2) is 14.6 Å². The van der Waals surface area contributed by atoms with Gasteiger partial charge in [-0.2, -0.15) is 0 Å². The van der Waals surface area contributed by atoms with Gasteiger partial charge in [0, 0.05) is 13.1 Å². The highest BCUT2D eigenvalue weighted by Gasteiger charge is 2.17. The van der Waals surface area contributed by atoms with Crippen LogP contribution in [0.1, 0.15) is 0 Å². The molecule has 2 fully saturated rings. The normalized spacial score (nSPS) is 20.8. The van der Waals surface area contributed by atoms with Crippen LogP contribution >= 0.6 is 0 Å². The van der Waals surface area contributed by atoms with Gasteiger partial charge >= 0.3 is 6.16 Å². The molecule has 0 aromatic heterocycles. The number of nitrogens with zero attached hydrogens (tertiary/aromatic N) is 2. The minimum atomic E-state index is -1.83. The van der Waals surface area contributed by atoms with Crippen LogP contribution in [0.5, 0.6) is 0 Å². The second kappa shape index (κ2) is 12.1. The van der Waals surface area contributed by atoms with Crippen LogP contribution in [0.4, 0.5) is 4.79 Å². The second-order valence-corrected chi connectivity index (χ2v) is 4.28. The number of carbonyl (C=O) groups is 1. The van der Waals surface area contributed by atoms with E-state index in [1.54, 1.807) is 9.80 Å². The summed E-state index contributed by atoms with van der Waals surface area (Å²) in [5.74, 6) is 0. The van der Waals surface area contributed by atoms with Crippen molar-refractivity contribution in [2.75, 3.05) is 39.8 Å². The van der Waals surface area contributed by atoms with Crippen LogP contribution in [0, 0.1) is 0 Å². The van der Waals surface area contributed by atoms with Crippen LogP contribution in [-0.4, -0.2) is 88.6 Å². The van der Waals surface area contributed by atoms with Crippen molar-refractivity contribution in [3.05, 3.63) is 25.3 Å². The van der Waals surface area contributed by atoms with E-state index in [-0.39, 0.29) is 0 Å². The van der Waals surface area contributed by atoms with E-state index in [1.807, 2.05) is 0 Å². The number of aliphatic hydroxyl groups is 2. The summed E-state index contributed by atoms with van der Waals surface area (Å²) in [4.78, 5) is 12.2. The molecule has 2 aliphatic heterocycles. The number of hydrogen-bond donors (Lipinski definition) is 4. The molecule has 128 valence electrons. The van der Waals surface area contributed by atoms with E-state index in [0.717, 1.165) is 13.1 Å². The summed E-state index contributed by atoms with van der Waals surface area (Å²) in [5.41, 5.74) is 0. The Balaban J connectivity index is 0.000000326. The highest BCUT2D eigenvalue weighted by Crippen LogP contribution is 2.03. The second-order valence-electron chi connectivity index (χ2n) is 4.28. The lowest BCUT2D eigenvalue weighted by molar-refractivity contribution is 0.0240. The third-order valence-electron chi connectivity index (χ3n) is 2.73. The van der Waals surface area contributed by atoms with Gasteiger partial charge in [0.05, 0.1) is 13.2 Å². The summed E-state index contributed by atoms with van der Waals surface area (Å²) in [6.45, 7) is 11.0. The first-order valence-electron chi connectivity index (χ1n) is 6.59. The number of rotatable bonds is 4. The highest BCUT2D eigenvalue weighted by atomic mass is 16.6. The Labute approximate surface area is 129 Å². The molecule has 2 rings (SSSR count). The monoisotopic (exact) mass is 320 g/mol. The van der Waals surface area contributed by atoms with Gasteiger partial charge in [-0.3, -0.25) is 0 Å². The maximum atomic E-state index is 9.09. The lowest BCUT2D eigenvalue weighted by Gasteiger charge is -2.15. The minimum Gasteiger partial charge on any atom is -0.450 e. The number of ether oxygens (including phenoxy) is 2. The molecule has 2 atom stereocenters. The fourth-order valence-electron chi connectivity index (χ4n) is 1.57. The summed E-state index contributed by atoms with van der Waals surface area (Å²) in [7, 11) is 0. The van der Waals surface area contributed by atoms with E-state index < -0.39 is 18.6 Å². The van der Waals surface area contributed by atoms with E-state index in [4.69, 9.17) is 34.7 Å². The summed E-state index contributed by atoms with van der Waals surface area (Å²) < 4.78 is 10.00. The molecular weight excluding hydrogens is 296 g/mol. The van der Waals surface area contributed by atoms with Crippen LogP contribution < -0.4 is 0 Å². The molecule has 0 saturated carbocycles. The van der Waals surface area contributed by atoms with E-state index in [2.05, 4.69) is 13.2 Å². The first-order chi connectivity index (χ1) is 10.4. The van der Waals surface area contributed by atoms with Crippen molar-refractivity contribution >= 4 is 6.16 Å². The van der Waals surface area contributed by atoms with Crippen molar-refractivity contribution in [1.29, 1.82) is 0 Å². The molecule has 2 aliphatic rings. The van der Waals surface area contributed by atoms with Gasteiger partial charge in [0.15, 0.2) is 0 Å². The van der Waals surface area contributed by atoms with Crippen LogP contribution in [0.15, 0.2) is 25.3 Å². The Kier molecular flexibility index (Phi) is 11.3. The molecule has 9 heteroatoms.